The van der Waals surface area contributed by atoms with Crippen LogP contribution < -0.4 is 10.6 Å². The Kier molecular flexibility index (Phi) is 6.83. The highest BCUT2D eigenvalue weighted by Crippen LogP contribution is 2.37. The van der Waals surface area contributed by atoms with Crippen molar-refractivity contribution in [1.29, 1.82) is 5.26 Å². The highest BCUT2D eigenvalue weighted by molar-refractivity contribution is 5.91. The molecule has 3 rings (SSSR count). The number of rotatable bonds is 5. The Hall–Kier alpha value is -3.40. The molecule has 0 bridgehead atoms. The summed E-state index contributed by atoms with van der Waals surface area (Å²) >= 11 is 0. The van der Waals surface area contributed by atoms with Gasteiger partial charge in [0, 0.05) is 19.0 Å². The Balaban J connectivity index is 1.80. The summed E-state index contributed by atoms with van der Waals surface area (Å²) < 4.78 is 20.1. The van der Waals surface area contributed by atoms with Crippen LogP contribution in [0.15, 0.2) is 30.3 Å². The number of nitrogens with zero attached hydrogens (tertiary/aromatic N) is 1. The quantitative estimate of drug-likeness (QED) is 0.696. The number of hydrogen-bond donors (Lipinski definition) is 2. The Labute approximate surface area is 187 Å². The van der Waals surface area contributed by atoms with Gasteiger partial charge in [0.2, 0.25) is 5.91 Å². The normalized spacial score (nSPS) is 13.6. The summed E-state index contributed by atoms with van der Waals surface area (Å²) in [5.41, 5.74) is 4.39. The number of fused-ring (bicyclic) bond motifs is 1. The maximum atomic E-state index is 14.9. The van der Waals surface area contributed by atoms with Gasteiger partial charge in [-0.05, 0) is 80.0 Å². The molecule has 0 spiro atoms. The molecule has 2 aromatic rings. The Bertz CT molecular complexity index is 1080. The largest absolute Gasteiger partial charge is 0.444 e. The van der Waals surface area contributed by atoms with Crippen molar-refractivity contribution in [2.45, 2.75) is 65.0 Å². The zero-order valence-electron chi connectivity index (χ0n) is 18.8. The van der Waals surface area contributed by atoms with E-state index in [9.17, 15) is 19.2 Å². The lowest BCUT2D eigenvalue weighted by Gasteiger charge is -2.21. The molecule has 2 aromatic carbocycles. The van der Waals surface area contributed by atoms with Gasteiger partial charge >= 0.3 is 6.09 Å². The number of benzene rings is 2. The first kappa shape index (κ1) is 23.3. The molecule has 1 aliphatic rings. The molecule has 1 unspecified atom stereocenters. The second kappa shape index (κ2) is 9.39. The molecule has 0 radical (unpaired) electrons. The van der Waals surface area contributed by atoms with Gasteiger partial charge in [-0.2, -0.15) is 5.26 Å². The minimum Gasteiger partial charge on any atom is -0.444 e. The maximum absolute atomic E-state index is 14.9. The minimum atomic E-state index is -0.911. The van der Waals surface area contributed by atoms with E-state index < -0.39 is 23.6 Å². The number of carbonyl (C=O) groups excluding carboxylic acids is 2. The third kappa shape index (κ3) is 5.64. The molecule has 6 nitrogen and oxygen atoms in total. The summed E-state index contributed by atoms with van der Waals surface area (Å²) in [6.07, 6.45) is 2.05. The second-order valence-electron chi connectivity index (χ2n) is 8.99. The van der Waals surface area contributed by atoms with Crippen molar-refractivity contribution >= 4 is 17.7 Å². The van der Waals surface area contributed by atoms with Gasteiger partial charge in [0.1, 0.15) is 17.5 Å². The molecular weight excluding hydrogens is 409 g/mol. The average molecular weight is 438 g/mol. The van der Waals surface area contributed by atoms with E-state index in [0.29, 0.717) is 5.56 Å². The van der Waals surface area contributed by atoms with Crippen LogP contribution in [0.25, 0.3) is 11.1 Å². The molecule has 168 valence electrons. The number of anilines is 1. The predicted molar refractivity (Wildman–Crippen MR) is 121 cm³/mol. The lowest BCUT2D eigenvalue weighted by Crippen LogP contribution is -2.39. The fraction of sp³-hybridized carbons (Fsp3) is 0.400. The van der Waals surface area contributed by atoms with Crippen LogP contribution in [0, 0.1) is 17.1 Å². The second-order valence-corrected chi connectivity index (χ2v) is 8.99. The van der Waals surface area contributed by atoms with Crippen molar-refractivity contribution < 1.29 is 18.7 Å². The van der Waals surface area contributed by atoms with E-state index in [1.54, 1.807) is 26.8 Å². The standard InChI is InChI=1S/C25H28FN3O3/c1-15(30)28-23-11-10-19(20-6-5-7-21(20)23)16-8-9-17(22(26)13-16)12-18(14-27)29-24(31)32-25(2,3)4/h8-11,13,18H,5-7,12H2,1-4H3,(H,28,30)(H,29,31). The molecule has 2 N–H and O–H groups in total. The lowest BCUT2D eigenvalue weighted by molar-refractivity contribution is -0.114. The van der Waals surface area contributed by atoms with Crippen molar-refractivity contribution in [1.82, 2.24) is 5.32 Å². The molecule has 1 aliphatic carbocycles. The van der Waals surface area contributed by atoms with E-state index in [-0.39, 0.29) is 12.3 Å². The number of alkyl carbamates (subject to hydrolysis) is 1. The van der Waals surface area contributed by atoms with E-state index in [4.69, 9.17) is 4.74 Å². The first-order valence-electron chi connectivity index (χ1n) is 10.7. The molecule has 0 aromatic heterocycles. The van der Waals surface area contributed by atoms with Crippen LogP contribution >= 0.6 is 0 Å². The highest BCUT2D eigenvalue weighted by Gasteiger charge is 2.22. The molecule has 2 amide bonds. The summed E-state index contributed by atoms with van der Waals surface area (Å²) in [5.74, 6) is -0.555. The van der Waals surface area contributed by atoms with Crippen LogP contribution in [0.3, 0.4) is 0 Å². The third-order valence-electron chi connectivity index (χ3n) is 5.23. The van der Waals surface area contributed by atoms with Crippen LogP contribution in [0.5, 0.6) is 0 Å². The zero-order chi connectivity index (χ0) is 23.5. The van der Waals surface area contributed by atoms with Crippen LogP contribution in [0.4, 0.5) is 14.9 Å². The van der Waals surface area contributed by atoms with Gasteiger partial charge in [-0.15, -0.1) is 0 Å². The highest BCUT2D eigenvalue weighted by atomic mass is 19.1. The summed E-state index contributed by atoms with van der Waals surface area (Å²) in [7, 11) is 0. The van der Waals surface area contributed by atoms with E-state index in [2.05, 4.69) is 10.6 Å². The topological polar surface area (TPSA) is 91.2 Å². The summed E-state index contributed by atoms with van der Waals surface area (Å²) in [5, 5.41) is 14.7. The van der Waals surface area contributed by atoms with E-state index >= 15 is 0 Å². The fourth-order valence-corrected chi connectivity index (χ4v) is 3.96. The first-order valence-corrected chi connectivity index (χ1v) is 10.7. The molecule has 0 fully saturated rings. The SMILES string of the molecule is CC(=O)Nc1ccc(-c2ccc(CC(C#N)NC(=O)OC(C)(C)C)c(F)c2)c2c1CCC2. The first-order chi connectivity index (χ1) is 15.1. The predicted octanol–water partition coefficient (Wildman–Crippen LogP) is 4.90. The number of halogens is 1. The molecule has 0 saturated heterocycles. The monoisotopic (exact) mass is 437 g/mol. The van der Waals surface area contributed by atoms with Crippen molar-refractivity contribution in [3.63, 3.8) is 0 Å². The number of amides is 2. The van der Waals surface area contributed by atoms with Gasteiger partial charge in [-0.25, -0.2) is 9.18 Å². The molecule has 0 aliphatic heterocycles. The molecular formula is C25H28FN3O3. The van der Waals surface area contributed by atoms with Crippen LogP contribution in [0.1, 0.15) is 50.8 Å². The van der Waals surface area contributed by atoms with Crippen LogP contribution in [-0.4, -0.2) is 23.6 Å². The van der Waals surface area contributed by atoms with Crippen LogP contribution in [-0.2, 0) is 28.8 Å². The van der Waals surface area contributed by atoms with E-state index in [0.717, 1.165) is 47.2 Å². The third-order valence-corrected chi connectivity index (χ3v) is 5.23. The molecule has 7 heteroatoms. The van der Waals surface area contributed by atoms with Gasteiger partial charge in [-0.1, -0.05) is 18.2 Å². The zero-order valence-corrected chi connectivity index (χ0v) is 18.8. The van der Waals surface area contributed by atoms with Gasteiger partial charge in [-0.3, -0.25) is 4.79 Å². The maximum Gasteiger partial charge on any atom is 0.408 e. The Morgan fingerprint density at radius 2 is 1.91 bits per heavy atom. The minimum absolute atomic E-state index is 0.0292. The van der Waals surface area contributed by atoms with Crippen LogP contribution in [0.2, 0.25) is 0 Å². The fourth-order valence-electron chi connectivity index (χ4n) is 3.96. The lowest BCUT2D eigenvalue weighted by atomic mass is 9.94. The van der Waals surface area contributed by atoms with Gasteiger partial charge in [0.25, 0.3) is 0 Å². The summed E-state index contributed by atoms with van der Waals surface area (Å²) in [4.78, 5) is 23.4. The van der Waals surface area contributed by atoms with Gasteiger partial charge < -0.3 is 15.4 Å². The number of ether oxygens (including phenoxy) is 1. The summed E-state index contributed by atoms with van der Waals surface area (Å²) in [6, 6.07) is 9.78. The molecule has 1 atom stereocenters. The van der Waals surface area contributed by atoms with E-state index in [1.165, 1.54) is 13.0 Å². The number of nitriles is 1. The van der Waals surface area contributed by atoms with Crippen molar-refractivity contribution in [2.24, 2.45) is 0 Å². The molecule has 0 saturated carbocycles. The number of carbonyl (C=O) groups is 2. The molecule has 32 heavy (non-hydrogen) atoms. The smallest absolute Gasteiger partial charge is 0.408 e. The Morgan fingerprint density at radius 3 is 2.53 bits per heavy atom. The van der Waals surface area contributed by atoms with Gasteiger partial charge in [0.05, 0.1) is 6.07 Å². The average Bonchev–Trinajstić information content (AvgIpc) is 3.17. The van der Waals surface area contributed by atoms with Crippen molar-refractivity contribution in [3.8, 4) is 17.2 Å². The Morgan fingerprint density at radius 1 is 1.19 bits per heavy atom. The molecule has 0 heterocycles. The van der Waals surface area contributed by atoms with Crippen molar-refractivity contribution in [2.75, 3.05) is 5.32 Å². The summed E-state index contributed by atoms with van der Waals surface area (Å²) in [6.45, 7) is 6.67. The number of nitrogens with one attached hydrogen (secondary N) is 2. The number of hydrogen-bond acceptors (Lipinski definition) is 4. The van der Waals surface area contributed by atoms with Gasteiger partial charge in [0.15, 0.2) is 0 Å². The van der Waals surface area contributed by atoms with E-state index in [1.807, 2.05) is 24.3 Å². The van der Waals surface area contributed by atoms with Crippen molar-refractivity contribution in [3.05, 3.63) is 52.8 Å².